The first-order valence-electron chi connectivity index (χ1n) is 6.20. The van der Waals surface area contributed by atoms with Gasteiger partial charge in [0.25, 0.3) is 5.91 Å². The predicted molar refractivity (Wildman–Crippen MR) is 76.7 cm³/mol. The molecule has 2 N–H and O–H groups in total. The van der Waals surface area contributed by atoms with Crippen LogP contribution in [0.4, 0.5) is 0 Å². The van der Waals surface area contributed by atoms with Gasteiger partial charge < -0.3 is 10.1 Å². The number of nitrogens with zero attached hydrogens (tertiary/aromatic N) is 1. The molecule has 0 saturated heterocycles. The fourth-order valence-corrected chi connectivity index (χ4v) is 2.15. The third-order valence-corrected chi connectivity index (χ3v) is 3.26. The van der Waals surface area contributed by atoms with Crippen LogP contribution in [-0.2, 0) is 4.74 Å². The Labute approximate surface area is 122 Å². The number of aromatic nitrogens is 2. The van der Waals surface area contributed by atoms with Crippen LogP contribution in [0.3, 0.4) is 0 Å². The van der Waals surface area contributed by atoms with Gasteiger partial charge in [-0.05, 0) is 30.7 Å². The molecule has 20 heavy (non-hydrogen) atoms. The summed E-state index contributed by atoms with van der Waals surface area (Å²) in [5, 5.41) is 9.92. The van der Waals surface area contributed by atoms with Crippen molar-refractivity contribution in [3.63, 3.8) is 0 Å². The van der Waals surface area contributed by atoms with Gasteiger partial charge in [0.15, 0.2) is 0 Å². The number of hydrogen-bond acceptors (Lipinski definition) is 3. The highest BCUT2D eigenvalue weighted by Gasteiger charge is 2.21. The quantitative estimate of drug-likeness (QED) is 0.890. The second-order valence-corrected chi connectivity index (χ2v) is 4.88. The SMILES string of the molecule is CO[C@@H](c1ccc(Cl)cc1)[C@@H](C)NC(=O)c1ccn[nH]1. The molecule has 1 amide bonds. The zero-order chi connectivity index (χ0) is 14.5. The highest BCUT2D eigenvalue weighted by molar-refractivity contribution is 6.30. The molecule has 1 heterocycles. The van der Waals surface area contributed by atoms with Crippen molar-refractivity contribution in [1.82, 2.24) is 15.5 Å². The number of halogens is 1. The third kappa shape index (κ3) is 3.37. The van der Waals surface area contributed by atoms with Crippen molar-refractivity contribution in [2.45, 2.75) is 19.1 Å². The predicted octanol–water partition coefficient (Wildman–Crippen LogP) is 2.57. The molecule has 106 valence electrons. The average Bonchev–Trinajstić information content (AvgIpc) is 2.96. The Balaban J connectivity index is 2.07. The van der Waals surface area contributed by atoms with Crippen molar-refractivity contribution in [3.8, 4) is 0 Å². The first-order valence-corrected chi connectivity index (χ1v) is 6.58. The maximum atomic E-state index is 12.0. The second kappa shape index (κ2) is 6.54. The molecule has 0 unspecified atom stereocenters. The minimum Gasteiger partial charge on any atom is -0.375 e. The summed E-state index contributed by atoms with van der Waals surface area (Å²) in [7, 11) is 1.61. The summed E-state index contributed by atoms with van der Waals surface area (Å²) in [6, 6.07) is 8.78. The zero-order valence-corrected chi connectivity index (χ0v) is 12.0. The summed E-state index contributed by atoms with van der Waals surface area (Å²) < 4.78 is 5.47. The van der Waals surface area contributed by atoms with Gasteiger partial charge in [0.05, 0.1) is 6.04 Å². The Hall–Kier alpha value is -1.85. The molecule has 0 aliphatic rings. The molecular weight excluding hydrogens is 278 g/mol. The first-order chi connectivity index (χ1) is 9.61. The average molecular weight is 294 g/mol. The fourth-order valence-electron chi connectivity index (χ4n) is 2.02. The van der Waals surface area contributed by atoms with Crippen molar-refractivity contribution < 1.29 is 9.53 Å². The van der Waals surface area contributed by atoms with Crippen molar-refractivity contribution in [3.05, 3.63) is 52.8 Å². The van der Waals surface area contributed by atoms with Crippen LogP contribution in [0.2, 0.25) is 5.02 Å². The topological polar surface area (TPSA) is 67.0 Å². The van der Waals surface area contributed by atoms with Crippen LogP contribution in [0, 0.1) is 0 Å². The van der Waals surface area contributed by atoms with Crippen LogP contribution >= 0.6 is 11.6 Å². The van der Waals surface area contributed by atoms with E-state index in [0.29, 0.717) is 10.7 Å². The Morgan fingerprint density at radius 2 is 2.05 bits per heavy atom. The highest BCUT2D eigenvalue weighted by atomic mass is 35.5. The van der Waals surface area contributed by atoms with Gasteiger partial charge in [-0.25, -0.2) is 0 Å². The Kier molecular flexibility index (Phi) is 4.76. The lowest BCUT2D eigenvalue weighted by Gasteiger charge is -2.24. The van der Waals surface area contributed by atoms with Crippen LogP contribution in [0.5, 0.6) is 0 Å². The molecule has 6 heteroatoms. The zero-order valence-electron chi connectivity index (χ0n) is 11.3. The van der Waals surface area contributed by atoms with Gasteiger partial charge in [-0.1, -0.05) is 23.7 Å². The van der Waals surface area contributed by atoms with Gasteiger partial charge >= 0.3 is 0 Å². The van der Waals surface area contributed by atoms with E-state index in [1.54, 1.807) is 25.3 Å². The van der Waals surface area contributed by atoms with E-state index < -0.39 is 0 Å². The summed E-state index contributed by atoms with van der Waals surface area (Å²) in [6.07, 6.45) is 1.28. The normalized spacial score (nSPS) is 13.8. The number of aromatic amines is 1. The molecule has 1 aromatic heterocycles. The molecule has 2 aromatic rings. The van der Waals surface area contributed by atoms with E-state index in [0.717, 1.165) is 5.56 Å². The largest absolute Gasteiger partial charge is 0.375 e. The van der Waals surface area contributed by atoms with Crippen molar-refractivity contribution >= 4 is 17.5 Å². The van der Waals surface area contributed by atoms with E-state index in [-0.39, 0.29) is 18.1 Å². The van der Waals surface area contributed by atoms with E-state index >= 15 is 0 Å². The van der Waals surface area contributed by atoms with Crippen LogP contribution < -0.4 is 5.32 Å². The van der Waals surface area contributed by atoms with E-state index in [9.17, 15) is 4.79 Å². The fraction of sp³-hybridized carbons (Fsp3) is 0.286. The Morgan fingerprint density at radius 1 is 1.35 bits per heavy atom. The molecule has 0 saturated carbocycles. The van der Waals surface area contributed by atoms with Crippen molar-refractivity contribution in [2.75, 3.05) is 7.11 Å². The summed E-state index contributed by atoms with van der Waals surface area (Å²) in [4.78, 5) is 12.0. The molecule has 5 nitrogen and oxygen atoms in total. The molecule has 0 radical (unpaired) electrons. The molecule has 0 spiro atoms. The molecule has 0 aliphatic heterocycles. The molecule has 0 aliphatic carbocycles. The van der Waals surface area contributed by atoms with Gasteiger partial charge in [0.1, 0.15) is 11.8 Å². The standard InChI is InChI=1S/C14H16ClN3O2/c1-9(17-14(19)12-7-8-16-18-12)13(20-2)10-3-5-11(15)6-4-10/h3-9,13H,1-2H3,(H,16,18)(H,17,19)/t9-,13-/m1/s1. The van der Waals surface area contributed by atoms with E-state index in [4.69, 9.17) is 16.3 Å². The number of carbonyl (C=O) groups is 1. The highest BCUT2D eigenvalue weighted by Crippen LogP contribution is 2.22. The number of methoxy groups -OCH3 is 1. The number of carbonyl (C=O) groups excluding carboxylic acids is 1. The monoisotopic (exact) mass is 293 g/mol. The molecule has 0 bridgehead atoms. The maximum absolute atomic E-state index is 12.0. The molecular formula is C14H16ClN3O2. The lowest BCUT2D eigenvalue weighted by molar-refractivity contribution is 0.0642. The number of hydrogen-bond donors (Lipinski definition) is 2. The van der Waals surface area contributed by atoms with E-state index in [1.807, 2.05) is 19.1 Å². The van der Waals surface area contributed by atoms with Gasteiger partial charge in [-0.3, -0.25) is 9.89 Å². The number of amides is 1. The van der Waals surface area contributed by atoms with Crippen LogP contribution in [-0.4, -0.2) is 29.3 Å². The number of H-pyrrole nitrogens is 1. The van der Waals surface area contributed by atoms with Crippen molar-refractivity contribution in [2.24, 2.45) is 0 Å². The van der Waals surface area contributed by atoms with Crippen LogP contribution in [0.1, 0.15) is 29.1 Å². The van der Waals surface area contributed by atoms with Gasteiger partial charge in [-0.15, -0.1) is 0 Å². The second-order valence-electron chi connectivity index (χ2n) is 4.44. The molecule has 0 fully saturated rings. The number of ether oxygens (including phenoxy) is 1. The Bertz CT molecular complexity index is 554. The van der Waals surface area contributed by atoms with Crippen molar-refractivity contribution in [1.29, 1.82) is 0 Å². The van der Waals surface area contributed by atoms with E-state index in [2.05, 4.69) is 15.5 Å². The molecule has 1 aromatic carbocycles. The maximum Gasteiger partial charge on any atom is 0.269 e. The summed E-state index contributed by atoms with van der Waals surface area (Å²) in [5.41, 5.74) is 1.37. The minimum absolute atomic E-state index is 0.197. The lowest BCUT2D eigenvalue weighted by atomic mass is 10.0. The first kappa shape index (κ1) is 14.6. The smallest absolute Gasteiger partial charge is 0.269 e. The summed E-state index contributed by atoms with van der Waals surface area (Å²) in [5.74, 6) is -0.217. The Morgan fingerprint density at radius 3 is 2.60 bits per heavy atom. The van der Waals surface area contributed by atoms with Gasteiger partial charge in [-0.2, -0.15) is 5.10 Å². The number of rotatable bonds is 5. The number of benzene rings is 1. The van der Waals surface area contributed by atoms with Crippen LogP contribution in [0.25, 0.3) is 0 Å². The molecule has 2 rings (SSSR count). The third-order valence-electron chi connectivity index (χ3n) is 3.01. The summed E-state index contributed by atoms with van der Waals surface area (Å²) in [6.45, 7) is 1.89. The lowest BCUT2D eigenvalue weighted by Crippen LogP contribution is -2.38. The number of nitrogens with one attached hydrogen (secondary N) is 2. The van der Waals surface area contributed by atoms with Gasteiger partial charge in [0.2, 0.25) is 0 Å². The minimum atomic E-state index is -0.251. The van der Waals surface area contributed by atoms with Crippen LogP contribution in [0.15, 0.2) is 36.5 Å². The molecule has 2 atom stereocenters. The summed E-state index contributed by atoms with van der Waals surface area (Å²) >= 11 is 5.87. The van der Waals surface area contributed by atoms with Gasteiger partial charge in [0, 0.05) is 18.3 Å². The van der Waals surface area contributed by atoms with E-state index in [1.165, 1.54) is 6.20 Å².